The molecule has 86 heavy (non-hydrogen) atoms. The molecule has 1 aromatic carbocycles. The smallest absolute Gasteiger partial charge is 0.408 e. The van der Waals surface area contributed by atoms with Gasteiger partial charge in [-0.05, 0) is 97.8 Å². The number of esters is 2. The van der Waals surface area contributed by atoms with Gasteiger partial charge in [-0.2, -0.15) is 0 Å². The quantitative estimate of drug-likeness (QED) is 0.0270. The molecular formula is C58H78N8O20. The van der Waals surface area contributed by atoms with Crippen LogP contribution in [0.5, 0.6) is 11.5 Å². The predicted octanol–water partition coefficient (Wildman–Crippen LogP) is 3.03. The van der Waals surface area contributed by atoms with Crippen LogP contribution in [0.15, 0.2) is 29.1 Å². The van der Waals surface area contributed by atoms with E-state index in [0.29, 0.717) is 54.2 Å². The summed E-state index contributed by atoms with van der Waals surface area (Å²) in [5, 5.41) is 23.6. The van der Waals surface area contributed by atoms with Crippen LogP contribution in [0, 0.1) is 5.92 Å². The second kappa shape index (κ2) is 29.3. The molecule has 4 unspecified atom stereocenters. The van der Waals surface area contributed by atoms with Gasteiger partial charge in [0, 0.05) is 48.6 Å². The molecule has 0 saturated carbocycles. The molecule has 6 N–H and O–H groups in total. The molecule has 6 heterocycles. The fourth-order valence-electron chi connectivity index (χ4n) is 9.87. The molecule has 470 valence electrons. The first-order valence-corrected chi connectivity index (χ1v) is 28.7. The second-order valence-electron chi connectivity index (χ2n) is 23.3. The van der Waals surface area contributed by atoms with Crippen LogP contribution in [0.2, 0.25) is 0 Å². The Balaban J connectivity index is 0.821. The molecule has 1 saturated heterocycles. The number of cyclic esters (lactones) is 1. The average molecular weight is 1210 g/mol. The fourth-order valence-corrected chi connectivity index (χ4v) is 9.87. The van der Waals surface area contributed by atoms with Gasteiger partial charge in [0.15, 0.2) is 11.5 Å². The number of hydrogen-bond acceptors (Lipinski definition) is 20. The van der Waals surface area contributed by atoms with Gasteiger partial charge < -0.3 is 83.8 Å². The number of hydrogen-bond donors (Lipinski definition) is 6. The third-order valence-corrected chi connectivity index (χ3v) is 13.9. The summed E-state index contributed by atoms with van der Waals surface area (Å²) < 4.78 is 50.8. The van der Waals surface area contributed by atoms with Crippen molar-refractivity contribution in [3.63, 3.8) is 0 Å². The third-order valence-electron chi connectivity index (χ3n) is 13.9. The highest BCUT2D eigenvalue weighted by Crippen LogP contribution is 2.40. The number of aromatic nitrogens is 2. The van der Waals surface area contributed by atoms with Gasteiger partial charge in [-0.15, -0.1) is 0 Å². The molecular weight excluding hydrogens is 1130 g/mol. The van der Waals surface area contributed by atoms with E-state index in [4.69, 9.17) is 47.6 Å². The van der Waals surface area contributed by atoms with Gasteiger partial charge in [-0.3, -0.25) is 28.8 Å². The number of carbonyl (C=O) groups excluding carboxylic acids is 8. The SMILES string of the molecule is CC(C)C(NC(=O)C1CCCN1C(=O)C(CC(=O)O)NC(=O)CCOCCOCCOCCNC(=O)[C@H](CCCCNC(=O)OC(C)(C)C)NC(=O)OC(C)(C)C)C(=O)OC1C(=O)OCc2c1cc1n(c2=O)Cc2cc3cc4c(cc3nc2-1)OCO4. The molecule has 4 aliphatic rings. The van der Waals surface area contributed by atoms with Crippen molar-refractivity contribution in [2.45, 2.75) is 155 Å². The summed E-state index contributed by atoms with van der Waals surface area (Å²) in [4.78, 5) is 138. The van der Waals surface area contributed by atoms with Crippen LogP contribution in [0.1, 0.15) is 123 Å². The minimum Gasteiger partial charge on any atom is -0.481 e. The number of aliphatic carboxylic acids is 1. The molecule has 0 aliphatic carbocycles. The number of unbranched alkanes of at least 4 members (excludes halogenated alkanes) is 1. The Morgan fingerprint density at radius 3 is 2.13 bits per heavy atom. The standard InChI is InChI=1S/C58H78N8O20/c1-32(2)46(53(74)84-48-35-26-41-47-34(29-66(41)51(72)36(35)30-81-54(48)75)24-33-25-42-43(83-31-82-42)27-38(33)62-47)64-50(71)40-13-11-17-65(40)52(73)39(28-45(68)69)61-44(67)14-18-78-20-22-80-23-21-79-19-16-59-49(70)37(63-56(77)86-58(6,7)8)12-9-10-15-60-55(76)85-57(3,4)5/h24-27,32,37,39-40,46,48H,9-23,28-31H2,1-8H3,(H,59,70)(H,60,76)(H,61,67)(H,63,77)(H,64,71)(H,68,69)/t37-,39?,40?,46?,48?/m0/s1. The first-order valence-electron chi connectivity index (χ1n) is 28.7. The number of fused-ring (bicyclic) bond motifs is 6. The number of rotatable bonds is 28. The van der Waals surface area contributed by atoms with Gasteiger partial charge in [-0.1, -0.05) is 13.8 Å². The van der Waals surface area contributed by atoms with Crippen LogP contribution in [0.25, 0.3) is 22.3 Å². The maximum absolute atomic E-state index is 14.0. The molecule has 28 heteroatoms. The predicted molar refractivity (Wildman–Crippen MR) is 302 cm³/mol. The van der Waals surface area contributed by atoms with Gasteiger partial charge in [0.1, 0.15) is 42.0 Å². The van der Waals surface area contributed by atoms with Crippen LogP contribution < -0.4 is 41.6 Å². The lowest BCUT2D eigenvalue weighted by molar-refractivity contribution is -0.173. The van der Waals surface area contributed by atoms with E-state index in [-0.39, 0.29) is 103 Å². The number of nitrogens with one attached hydrogen (secondary N) is 5. The summed E-state index contributed by atoms with van der Waals surface area (Å²) in [7, 11) is 0. The zero-order valence-corrected chi connectivity index (χ0v) is 49.8. The van der Waals surface area contributed by atoms with Gasteiger partial charge in [-0.25, -0.2) is 24.2 Å². The van der Waals surface area contributed by atoms with Crippen molar-refractivity contribution in [3.05, 3.63) is 51.3 Å². The zero-order chi connectivity index (χ0) is 62.5. The van der Waals surface area contributed by atoms with E-state index in [0.717, 1.165) is 15.8 Å². The largest absolute Gasteiger partial charge is 0.481 e. The van der Waals surface area contributed by atoms with Crippen LogP contribution in [0.4, 0.5) is 9.59 Å². The molecule has 7 rings (SSSR count). The lowest BCUT2D eigenvalue weighted by Crippen LogP contribution is -2.56. The summed E-state index contributed by atoms with van der Waals surface area (Å²) in [6, 6.07) is 2.04. The Hall–Kier alpha value is -8.11. The minimum atomic E-state index is -1.68. The topological polar surface area (TPSA) is 355 Å². The van der Waals surface area contributed by atoms with Crippen molar-refractivity contribution in [1.82, 2.24) is 41.0 Å². The molecule has 28 nitrogen and oxygen atoms in total. The third kappa shape index (κ3) is 18.0. The average Bonchev–Trinajstić information content (AvgIpc) is 1.58. The van der Waals surface area contributed by atoms with Crippen molar-refractivity contribution in [2.75, 3.05) is 66.1 Å². The van der Waals surface area contributed by atoms with E-state index in [1.165, 1.54) is 4.57 Å². The Morgan fingerprint density at radius 2 is 1.44 bits per heavy atom. The highest BCUT2D eigenvalue weighted by molar-refractivity contribution is 5.96. The first kappa shape index (κ1) is 65.4. The summed E-state index contributed by atoms with van der Waals surface area (Å²) in [6.07, 6.45) is -2.22. The van der Waals surface area contributed by atoms with Crippen molar-refractivity contribution in [3.8, 4) is 22.9 Å². The molecule has 3 aromatic rings. The lowest BCUT2D eigenvalue weighted by Gasteiger charge is -2.31. The summed E-state index contributed by atoms with van der Waals surface area (Å²) >= 11 is 0. The Morgan fingerprint density at radius 1 is 0.767 bits per heavy atom. The number of benzene rings is 1. The van der Waals surface area contributed by atoms with Gasteiger partial charge in [0.05, 0.1) is 75.1 Å². The van der Waals surface area contributed by atoms with E-state index in [2.05, 4.69) is 26.6 Å². The summed E-state index contributed by atoms with van der Waals surface area (Å²) in [5.41, 5.74) is 0.538. The maximum Gasteiger partial charge on any atom is 0.408 e. The van der Waals surface area contributed by atoms with Crippen molar-refractivity contribution >= 4 is 64.6 Å². The lowest BCUT2D eigenvalue weighted by atomic mass is 9.99. The van der Waals surface area contributed by atoms with E-state index in [1.807, 2.05) is 6.07 Å². The number of carboxylic acid groups (broad SMARTS) is 1. The zero-order valence-electron chi connectivity index (χ0n) is 49.8. The Kier molecular flexibility index (Phi) is 22.3. The fraction of sp³-hybridized carbons (Fsp3) is 0.603. The number of ether oxygens (including phenoxy) is 9. The Bertz CT molecular complexity index is 3080. The molecule has 0 bridgehead atoms. The van der Waals surface area contributed by atoms with Crippen LogP contribution >= 0.6 is 0 Å². The number of amides is 6. The second-order valence-corrected chi connectivity index (χ2v) is 23.3. The number of likely N-dealkylation sites (tertiary alicyclic amines) is 1. The van der Waals surface area contributed by atoms with Crippen molar-refractivity contribution < 1.29 is 90.9 Å². The highest BCUT2D eigenvalue weighted by atomic mass is 16.7. The van der Waals surface area contributed by atoms with Gasteiger partial charge in [0.2, 0.25) is 36.5 Å². The number of alkyl carbamates (subject to hydrolysis) is 2. The van der Waals surface area contributed by atoms with Crippen LogP contribution in [0.3, 0.4) is 0 Å². The number of carbonyl (C=O) groups is 9. The van der Waals surface area contributed by atoms with E-state index in [1.54, 1.807) is 73.6 Å². The first-order chi connectivity index (χ1) is 40.8. The van der Waals surface area contributed by atoms with E-state index < -0.39 is 113 Å². The van der Waals surface area contributed by atoms with Crippen LogP contribution in [-0.2, 0) is 79.9 Å². The molecule has 1 fully saturated rings. The molecule has 5 atom stereocenters. The summed E-state index contributed by atoms with van der Waals surface area (Å²) in [5.74, 6) is -5.57. The summed E-state index contributed by atoms with van der Waals surface area (Å²) in [6.45, 7) is 14.6. The monoisotopic (exact) mass is 1210 g/mol. The van der Waals surface area contributed by atoms with Crippen molar-refractivity contribution in [1.29, 1.82) is 0 Å². The number of nitrogens with zero attached hydrogens (tertiary/aromatic N) is 3. The van der Waals surface area contributed by atoms with Crippen molar-refractivity contribution in [2.24, 2.45) is 5.92 Å². The van der Waals surface area contributed by atoms with Crippen LogP contribution in [-0.4, -0.2) is 175 Å². The highest BCUT2D eigenvalue weighted by Gasteiger charge is 2.43. The van der Waals surface area contributed by atoms with E-state index >= 15 is 0 Å². The normalized spacial score (nSPS) is 16.8. The number of carboxylic acids is 1. The molecule has 6 amide bonds. The molecule has 0 radical (unpaired) electrons. The molecule has 2 aromatic heterocycles. The molecule has 0 spiro atoms. The maximum atomic E-state index is 14.0. The van der Waals surface area contributed by atoms with Gasteiger partial charge >= 0.3 is 30.1 Å². The van der Waals surface area contributed by atoms with Gasteiger partial charge in [0.25, 0.3) is 5.56 Å². The van der Waals surface area contributed by atoms with E-state index in [9.17, 15) is 53.1 Å². The number of pyridine rings is 2. The molecule has 4 aliphatic heterocycles. The Labute approximate surface area is 496 Å². The minimum absolute atomic E-state index is 0.0446.